The van der Waals surface area contributed by atoms with Crippen molar-refractivity contribution < 1.29 is 23.2 Å². The van der Waals surface area contributed by atoms with Crippen LogP contribution in [0.15, 0.2) is 58.6 Å². The topological polar surface area (TPSA) is 96.3 Å². The number of hydrogen-bond donors (Lipinski definition) is 1. The molecule has 0 amide bonds. The third-order valence-electron chi connectivity index (χ3n) is 4.23. The van der Waals surface area contributed by atoms with Crippen molar-refractivity contribution in [2.24, 2.45) is 5.16 Å². The lowest BCUT2D eigenvalue weighted by Crippen LogP contribution is -2.32. The molecule has 2 aromatic carbocycles. The molecule has 0 bridgehead atoms. The number of hydrogen-bond acceptors (Lipinski definition) is 6. The van der Waals surface area contributed by atoms with Crippen molar-refractivity contribution in [3.63, 3.8) is 0 Å². The zero-order valence-electron chi connectivity index (χ0n) is 16.8. The maximum absolute atomic E-state index is 12.8. The third-order valence-corrected chi connectivity index (χ3v) is 6.15. The molecule has 0 aromatic heterocycles. The maximum Gasteiger partial charge on any atom is 0.365 e. The van der Waals surface area contributed by atoms with Gasteiger partial charge in [0.15, 0.2) is 0 Å². The van der Waals surface area contributed by atoms with E-state index >= 15 is 0 Å². The number of carbonyl (C=O) groups is 1. The lowest BCUT2D eigenvalue weighted by atomic mass is 10.1. The molecule has 0 saturated carbocycles. The number of phenols is 1. The largest absolute Gasteiger partial charge is 0.507 e. The lowest BCUT2D eigenvalue weighted by molar-refractivity contribution is 0.0516. The van der Waals surface area contributed by atoms with Crippen LogP contribution in [0.1, 0.15) is 49.5 Å². The first-order chi connectivity index (χ1) is 13.8. The highest BCUT2D eigenvalue weighted by Gasteiger charge is 2.23. The van der Waals surface area contributed by atoms with Gasteiger partial charge in [0.1, 0.15) is 5.75 Å². The number of nitrogens with zero attached hydrogens (tertiary/aromatic N) is 2. The summed E-state index contributed by atoms with van der Waals surface area (Å²) in [6, 6.07) is 12.2. The van der Waals surface area contributed by atoms with Gasteiger partial charge in [-0.15, -0.1) is 0 Å². The fourth-order valence-corrected chi connectivity index (χ4v) is 4.38. The van der Waals surface area contributed by atoms with Crippen molar-refractivity contribution in [1.29, 1.82) is 0 Å². The minimum atomic E-state index is -3.61. The fraction of sp³-hybridized carbons (Fsp3) is 0.333. The van der Waals surface area contributed by atoms with Gasteiger partial charge in [0.25, 0.3) is 0 Å². The van der Waals surface area contributed by atoms with Crippen molar-refractivity contribution in [2.75, 3.05) is 13.1 Å². The molecular formula is C21H26N2O5S. The molecule has 0 atom stereocenters. The van der Waals surface area contributed by atoms with Crippen molar-refractivity contribution in [2.45, 2.75) is 38.5 Å². The number of para-hydroxylation sites is 1. The standard InChI is InChI=1S/C21H26N2O5S/c1-4-14-23(15-5-2)29(26,27)18-12-10-17(11-13-18)21(25)28-22-16(3)19-8-6-7-9-20(19)24/h6-13,24H,4-5,14-15H2,1-3H3/b22-16-. The Morgan fingerprint density at radius 3 is 2.17 bits per heavy atom. The van der Waals surface area contributed by atoms with Crippen LogP contribution < -0.4 is 0 Å². The van der Waals surface area contributed by atoms with E-state index in [0.717, 1.165) is 12.8 Å². The molecule has 2 rings (SSSR count). The normalized spacial score (nSPS) is 12.2. The van der Waals surface area contributed by atoms with Crippen molar-refractivity contribution in [3.8, 4) is 5.75 Å². The Morgan fingerprint density at radius 1 is 1.03 bits per heavy atom. The summed E-state index contributed by atoms with van der Waals surface area (Å²) in [5.41, 5.74) is 0.967. The monoisotopic (exact) mass is 418 g/mol. The van der Waals surface area contributed by atoms with Gasteiger partial charge in [-0.2, -0.15) is 4.31 Å². The fourth-order valence-electron chi connectivity index (χ4n) is 2.75. The molecule has 7 nitrogen and oxygen atoms in total. The van der Waals surface area contributed by atoms with Crippen molar-refractivity contribution in [1.82, 2.24) is 4.31 Å². The van der Waals surface area contributed by atoms with Crippen LogP contribution in [0.3, 0.4) is 0 Å². The van der Waals surface area contributed by atoms with Gasteiger partial charge in [-0.05, 0) is 56.2 Å². The molecule has 0 aliphatic rings. The summed E-state index contributed by atoms with van der Waals surface area (Å²) in [4.78, 5) is 17.3. The van der Waals surface area contributed by atoms with Crippen molar-refractivity contribution in [3.05, 3.63) is 59.7 Å². The molecule has 0 aliphatic carbocycles. The molecule has 0 aliphatic heterocycles. The summed E-state index contributed by atoms with van der Waals surface area (Å²) in [7, 11) is -3.61. The molecule has 0 fully saturated rings. The van der Waals surface area contributed by atoms with E-state index in [0.29, 0.717) is 24.4 Å². The van der Waals surface area contributed by atoms with Gasteiger partial charge in [0.2, 0.25) is 10.0 Å². The highest BCUT2D eigenvalue weighted by molar-refractivity contribution is 7.89. The van der Waals surface area contributed by atoms with Gasteiger partial charge in [-0.3, -0.25) is 0 Å². The van der Waals surface area contributed by atoms with Gasteiger partial charge < -0.3 is 9.94 Å². The van der Waals surface area contributed by atoms with E-state index in [9.17, 15) is 18.3 Å². The predicted molar refractivity (Wildman–Crippen MR) is 112 cm³/mol. The van der Waals surface area contributed by atoms with Gasteiger partial charge in [-0.25, -0.2) is 13.2 Å². The maximum atomic E-state index is 12.8. The van der Waals surface area contributed by atoms with E-state index in [4.69, 9.17) is 4.84 Å². The molecule has 0 saturated heterocycles. The summed E-state index contributed by atoms with van der Waals surface area (Å²) in [5.74, 6) is -0.689. The van der Waals surface area contributed by atoms with Crippen LogP contribution in [0, 0.1) is 0 Å². The molecule has 2 aromatic rings. The zero-order chi connectivity index (χ0) is 21.4. The second-order valence-corrected chi connectivity index (χ2v) is 8.44. The van der Waals surface area contributed by atoms with Gasteiger partial charge >= 0.3 is 5.97 Å². The summed E-state index contributed by atoms with van der Waals surface area (Å²) in [5, 5.41) is 13.6. The highest BCUT2D eigenvalue weighted by Crippen LogP contribution is 2.19. The molecule has 29 heavy (non-hydrogen) atoms. The van der Waals surface area contributed by atoms with Gasteiger partial charge in [0.05, 0.1) is 16.2 Å². The first kappa shape index (κ1) is 22.6. The number of oxime groups is 1. The predicted octanol–water partition coefficient (Wildman–Crippen LogP) is 3.78. The molecule has 156 valence electrons. The average molecular weight is 419 g/mol. The highest BCUT2D eigenvalue weighted by atomic mass is 32.2. The summed E-state index contributed by atoms with van der Waals surface area (Å²) in [6.45, 7) is 6.35. The number of carbonyl (C=O) groups excluding carboxylic acids is 1. The van der Waals surface area contributed by atoms with Crippen molar-refractivity contribution >= 4 is 21.7 Å². The molecule has 8 heteroatoms. The quantitative estimate of drug-likeness (QED) is 0.380. The molecular weight excluding hydrogens is 392 g/mol. The minimum absolute atomic E-state index is 0.0306. The van der Waals surface area contributed by atoms with Gasteiger partial charge in [0, 0.05) is 18.7 Å². The smallest absolute Gasteiger partial charge is 0.365 e. The van der Waals surface area contributed by atoms with E-state index in [-0.39, 0.29) is 16.2 Å². The van der Waals surface area contributed by atoms with E-state index in [2.05, 4.69) is 5.16 Å². The van der Waals surface area contributed by atoms with Crippen LogP contribution in [0.5, 0.6) is 5.75 Å². The zero-order valence-corrected chi connectivity index (χ0v) is 17.6. The van der Waals surface area contributed by atoms with Crippen LogP contribution >= 0.6 is 0 Å². The Kier molecular flexibility index (Phi) is 7.92. The lowest BCUT2D eigenvalue weighted by Gasteiger charge is -2.21. The third kappa shape index (κ3) is 5.65. The Balaban J connectivity index is 2.14. The number of rotatable bonds is 9. The molecule has 0 spiro atoms. The number of phenolic OH excluding ortho intramolecular Hbond substituents is 1. The summed E-state index contributed by atoms with van der Waals surface area (Å²) in [6.07, 6.45) is 1.44. The molecule has 0 heterocycles. The van der Waals surface area contributed by atoms with Gasteiger partial charge in [-0.1, -0.05) is 31.1 Å². The second kappa shape index (κ2) is 10.2. The molecule has 0 unspecified atom stereocenters. The SMILES string of the molecule is CCCN(CCC)S(=O)(=O)c1ccc(C(=O)O/N=C(/C)c2ccccc2O)cc1. The van der Waals surface area contributed by atoms with Crippen LogP contribution in [0.4, 0.5) is 0 Å². The number of benzene rings is 2. The van der Waals surface area contributed by atoms with Crippen LogP contribution in [-0.2, 0) is 14.9 Å². The Labute approximate surface area is 171 Å². The van der Waals surface area contributed by atoms with E-state index in [1.807, 2.05) is 13.8 Å². The number of sulfonamides is 1. The molecule has 1 N–H and O–H groups in total. The Morgan fingerprint density at radius 2 is 1.62 bits per heavy atom. The van der Waals surface area contributed by atoms with E-state index in [1.165, 1.54) is 34.6 Å². The van der Waals surface area contributed by atoms with Crippen LogP contribution in [0.25, 0.3) is 0 Å². The summed E-state index contributed by atoms with van der Waals surface area (Å²) < 4.78 is 27.0. The number of aromatic hydroxyl groups is 1. The van der Waals surface area contributed by atoms with E-state index < -0.39 is 16.0 Å². The summed E-state index contributed by atoms with van der Waals surface area (Å²) >= 11 is 0. The second-order valence-electron chi connectivity index (χ2n) is 6.50. The molecule has 0 radical (unpaired) electrons. The van der Waals surface area contributed by atoms with Crippen LogP contribution in [-0.4, -0.2) is 42.6 Å². The average Bonchev–Trinajstić information content (AvgIpc) is 2.72. The Hall–Kier alpha value is -2.71. The van der Waals surface area contributed by atoms with E-state index in [1.54, 1.807) is 25.1 Å². The minimum Gasteiger partial charge on any atom is -0.507 e. The van der Waals surface area contributed by atoms with Crippen LogP contribution in [0.2, 0.25) is 0 Å². The Bertz CT molecular complexity index is 963. The first-order valence-electron chi connectivity index (χ1n) is 9.45. The first-order valence-corrected chi connectivity index (χ1v) is 10.9.